The van der Waals surface area contributed by atoms with Gasteiger partial charge in [0.1, 0.15) is 5.60 Å². The lowest BCUT2D eigenvalue weighted by atomic mass is 10.1. The third-order valence-corrected chi connectivity index (χ3v) is 5.54. The lowest BCUT2D eigenvalue weighted by Gasteiger charge is -2.21. The first-order valence-electron chi connectivity index (χ1n) is 10.9. The number of likely N-dealkylation sites (tertiary alicyclic amines) is 1. The number of fused-ring (bicyclic) bond motifs is 1. The number of benzene rings is 1. The molecule has 0 bridgehead atoms. The first-order valence-corrected chi connectivity index (χ1v) is 10.9. The number of amides is 3. The monoisotopic (exact) mass is 415 g/mol. The average Bonchev–Trinajstić information content (AvgIpc) is 3.23. The third kappa shape index (κ3) is 5.81. The fourth-order valence-corrected chi connectivity index (χ4v) is 4.05. The first-order chi connectivity index (χ1) is 14.2. The van der Waals surface area contributed by atoms with E-state index in [0.29, 0.717) is 30.1 Å². The van der Waals surface area contributed by atoms with Crippen molar-refractivity contribution >= 4 is 17.9 Å². The number of hydrogen-bond acceptors (Lipinski definition) is 5. The Bertz CT molecular complexity index is 752. The maximum atomic E-state index is 12.4. The van der Waals surface area contributed by atoms with Crippen LogP contribution in [0.3, 0.4) is 0 Å². The second-order valence-corrected chi connectivity index (χ2v) is 9.21. The number of unbranched alkanes of at least 4 members (excludes halogenated alkanes) is 2. The molecule has 1 fully saturated rings. The molecule has 0 radical (unpaired) electrons. The second kappa shape index (κ2) is 9.60. The minimum Gasteiger partial charge on any atom is -0.444 e. The highest BCUT2D eigenvalue weighted by molar-refractivity contribution is 6.21. The van der Waals surface area contributed by atoms with Gasteiger partial charge in [-0.05, 0) is 71.2 Å². The van der Waals surface area contributed by atoms with Gasteiger partial charge in [0.25, 0.3) is 11.8 Å². The van der Waals surface area contributed by atoms with E-state index >= 15 is 0 Å². The Morgan fingerprint density at radius 1 is 1.07 bits per heavy atom. The molecule has 2 aliphatic heterocycles. The SMILES string of the molecule is CC(C)(C)OC(=O)NC[C@H]1CCN(CCCCCN2C(=O)c3ccccc3C2=O)C1. The van der Waals surface area contributed by atoms with E-state index in [-0.39, 0.29) is 17.9 Å². The summed E-state index contributed by atoms with van der Waals surface area (Å²) in [7, 11) is 0. The number of hydrogen-bond donors (Lipinski definition) is 1. The van der Waals surface area contributed by atoms with Crippen molar-refractivity contribution in [3.05, 3.63) is 35.4 Å². The molecule has 1 atom stereocenters. The maximum Gasteiger partial charge on any atom is 0.407 e. The van der Waals surface area contributed by atoms with Crippen molar-refractivity contribution < 1.29 is 19.1 Å². The van der Waals surface area contributed by atoms with E-state index in [9.17, 15) is 14.4 Å². The van der Waals surface area contributed by atoms with E-state index in [2.05, 4.69) is 10.2 Å². The van der Waals surface area contributed by atoms with Crippen molar-refractivity contribution in [2.45, 2.75) is 52.1 Å². The molecule has 0 spiro atoms. The quantitative estimate of drug-likeness (QED) is 0.521. The van der Waals surface area contributed by atoms with Crippen LogP contribution in [0, 0.1) is 5.92 Å². The van der Waals surface area contributed by atoms with Gasteiger partial charge in [-0.15, -0.1) is 0 Å². The van der Waals surface area contributed by atoms with Gasteiger partial charge in [0.05, 0.1) is 11.1 Å². The predicted molar refractivity (Wildman–Crippen MR) is 114 cm³/mol. The van der Waals surface area contributed by atoms with Crippen molar-refractivity contribution in [2.75, 3.05) is 32.7 Å². The number of alkyl carbamates (subject to hydrolysis) is 1. The first kappa shape index (κ1) is 22.3. The fraction of sp³-hybridized carbons (Fsp3) is 0.609. The van der Waals surface area contributed by atoms with Gasteiger partial charge in [0.15, 0.2) is 0 Å². The zero-order valence-electron chi connectivity index (χ0n) is 18.3. The van der Waals surface area contributed by atoms with Crippen LogP contribution in [0.4, 0.5) is 4.79 Å². The largest absolute Gasteiger partial charge is 0.444 e. The molecule has 3 rings (SSSR count). The standard InChI is InChI=1S/C23H33N3O4/c1-23(2,3)30-22(29)24-15-17-11-14-25(16-17)12-7-4-8-13-26-20(27)18-9-5-6-10-19(18)21(26)28/h5-6,9-10,17H,4,7-8,11-16H2,1-3H3,(H,24,29)/t17-/m1/s1. The van der Waals surface area contributed by atoms with E-state index in [1.165, 1.54) is 4.90 Å². The topological polar surface area (TPSA) is 79.0 Å². The van der Waals surface area contributed by atoms with Crippen LogP contribution in [0.25, 0.3) is 0 Å². The number of carbonyl (C=O) groups excluding carboxylic acids is 3. The van der Waals surface area contributed by atoms with Gasteiger partial charge < -0.3 is 15.0 Å². The van der Waals surface area contributed by atoms with Gasteiger partial charge in [-0.25, -0.2) is 4.79 Å². The van der Waals surface area contributed by atoms with Gasteiger partial charge in [-0.2, -0.15) is 0 Å². The van der Waals surface area contributed by atoms with E-state index in [1.54, 1.807) is 24.3 Å². The summed E-state index contributed by atoms with van der Waals surface area (Å²) in [6.07, 6.45) is 3.56. The molecule has 1 N–H and O–H groups in total. The summed E-state index contributed by atoms with van der Waals surface area (Å²) in [4.78, 5) is 40.3. The van der Waals surface area contributed by atoms with Crippen molar-refractivity contribution in [2.24, 2.45) is 5.92 Å². The molecule has 2 aliphatic rings. The van der Waals surface area contributed by atoms with Crippen molar-refractivity contribution in [3.8, 4) is 0 Å². The van der Waals surface area contributed by atoms with Crippen LogP contribution in [-0.4, -0.2) is 66.0 Å². The molecule has 0 saturated carbocycles. The molecule has 0 aromatic heterocycles. The zero-order chi connectivity index (χ0) is 21.7. The summed E-state index contributed by atoms with van der Waals surface area (Å²) in [6, 6.07) is 7.02. The maximum absolute atomic E-state index is 12.4. The second-order valence-electron chi connectivity index (χ2n) is 9.21. The summed E-state index contributed by atoms with van der Waals surface area (Å²) < 4.78 is 5.28. The number of imide groups is 1. The molecule has 0 aliphatic carbocycles. The van der Waals surface area contributed by atoms with Gasteiger partial charge in [-0.3, -0.25) is 14.5 Å². The van der Waals surface area contributed by atoms with Gasteiger partial charge in [0.2, 0.25) is 0 Å². The predicted octanol–water partition coefficient (Wildman–Crippen LogP) is 3.30. The summed E-state index contributed by atoms with van der Waals surface area (Å²) in [5, 5.41) is 2.87. The highest BCUT2D eigenvalue weighted by Crippen LogP contribution is 2.23. The van der Waals surface area contributed by atoms with Crippen molar-refractivity contribution in [1.29, 1.82) is 0 Å². The molecule has 164 valence electrons. The third-order valence-electron chi connectivity index (χ3n) is 5.54. The van der Waals surface area contributed by atoms with E-state index in [1.807, 2.05) is 20.8 Å². The van der Waals surface area contributed by atoms with Crippen LogP contribution in [0.1, 0.15) is 67.2 Å². The molecule has 30 heavy (non-hydrogen) atoms. The number of rotatable bonds is 8. The van der Waals surface area contributed by atoms with E-state index < -0.39 is 5.60 Å². The summed E-state index contributed by atoms with van der Waals surface area (Å²) >= 11 is 0. The normalized spacial score (nSPS) is 19.3. The Morgan fingerprint density at radius 3 is 2.33 bits per heavy atom. The van der Waals surface area contributed by atoms with E-state index in [0.717, 1.165) is 45.3 Å². The van der Waals surface area contributed by atoms with Gasteiger partial charge >= 0.3 is 6.09 Å². The van der Waals surface area contributed by atoms with Crippen molar-refractivity contribution in [1.82, 2.24) is 15.1 Å². The van der Waals surface area contributed by atoms with Crippen LogP contribution < -0.4 is 5.32 Å². The molecule has 1 aromatic rings. The lowest BCUT2D eigenvalue weighted by Crippen LogP contribution is -2.36. The summed E-state index contributed by atoms with van der Waals surface area (Å²) in [6.45, 7) is 9.73. The number of nitrogens with zero attached hydrogens (tertiary/aromatic N) is 2. The Kier molecular flexibility index (Phi) is 7.13. The molecule has 1 aromatic carbocycles. The summed E-state index contributed by atoms with van der Waals surface area (Å²) in [5.41, 5.74) is 0.565. The Labute approximate surface area is 178 Å². The zero-order valence-corrected chi connectivity index (χ0v) is 18.3. The fourth-order valence-electron chi connectivity index (χ4n) is 4.05. The lowest BCUT2D eigenvalue weighted by molar-refractivity contribution is 0.0518. The molecule has 0 unspecified atom stereocenters. The molecule has 1 saturated heterocycles. The van der Waals surface area contributed by atoms with Crippen LogP contribution in [0.2, 0.25) is 0 Å². The Balaban J connectivity index is 1.29. The van der Waals surface area contributed by atoms with Gasteiger partial charge in [0, 0.05) is 19.6 Å². The van der Waals surface area contributed by atoms with Crippen LogP contribution >= 0.6 is 0 Å². The molecule has 7 heteroatoms. The number of carbonyl (C=O) groups is 3. The van der Waals surface area contributed by atoms with Crippen LogP contribution in [-0.2, 0) is 4.74 Å². The summed E-state index contributed by atoms with van der Waals surface area (Å²) in [5.74, 6) is 0.113. The minimum atomic E-state index is -0.473. The van der Waals surface area contributed by atoms with E-state index in [4.69, 9.17) is 4.74 Å². The molecular weight excluding hydrogens is 382 g/mol. The van der Waals surface area contributed by atoms with Crippen molar-refractivity contribution in [3.63, 3.8) is 0 Å². The Hall–Kier alpha value is -2.41. The molecule has 7 nitrogen and oxygen atoms in total. The highest BCUT2D eigenvalue weighted by Gasteiger charge is 2.34. The van der Waals surface area contributed by atoms with Crippen LogP contribution in [0.5, 0.6) is 0 Å². The smallest absolute Gasteiger partial charge is 0.407 e. The minimum absolute atomic E-state index is 0.171. The number of ether oxygens (including phenoxy) is 1. The highest BCUT2D eigenvalue weighted by atomic mass is 16.6. The molecular formula is C23H33N3O4. The number of nitrogens with one attached hydrogen (secondary N) is 1. The Morgan fingerprint density at radius 2 is 1.70 bits per heavy atom. The van der Waals surface area contributed by atoms with Gasteiger partial charge in [-0.1, -0.05) is 18.6 Å². The molecule has 2 heterocycles. The molecule has 3 amide bonds. The van der Waals surface area contributed by atoms with Crippen LogP contribution in [0.15, 0.2) is 24.3 Å². The average molecular weight is 416 g/mol.